The van der Waals surface area contributed by atoms with E-state index in [0.717, 1.165) is 5.56 Å². The molecule has 3 heterocycles. The lowest BCUT2D eigenvalue weighted by Crippen LogP contribution is -2.62. The van der Waals surface area contributed by atoms with Crippen molar-refractivity contribution in [1.82, 2.24) is 9.80 Å². The van der Waals surface area contributed by atoms with E-state index in [-0.39, 0.29) is 18.6 Å². The molecule has 2 amide bonds. The maximum absolute atomic E-state index is 13.2. The van der Waals surface area contributed by atoms with Gasteiger partial charge in [-0.05, 0) is 38.0 Å². The van der Waals surface area contributed by atoms with Gasteiger partial charge in [0, 0.05) is 6.54 Å². The molecule has 0 spiro atoms. The molecule has 7 heteroatoms. The number of hydrogen-bond acceptors (Lipinski definition) is 5. The molecule has 1 aromatic carbocycles. The smallest absolute Gasteiger partial charge is 0.246 e. The number of hydrogen-bond donors (Lipinski definition) is 0. The van der Waals surface area contributed by atoms with E-state index in [2.05, 4.69) is 12.6 Å². The molecule has 3 aliphatic rings. The van der Waals surface area contributed by atoms with Gasteiger partial charge >= 0.3 is 0 Å². The van der Waals surface area contributed by atoms with Crippen LogP contribution in [0.15, 0.2) is 30.9 Å². The molecule has 1 aromatic rings. The van der Waals surface area contributed by atoms with Crippen molar-refractivity contribution in [1.29, 1.82) is 5.26 Å². The monoisotopic (exact) mass is 367 g/mol. The van der Waals surface area contributed by atoms with Gasteiger partial charge < -0.3 is 19.3 Å². The van der Waals surface area contributed by atoms with Crippen molar-refractivity contribution in [2.45, 2.75) is 38.4 Å². The molecule has 0 N–H and O–H groups in total. The van der Waals surface area contributed by atoms with Crippen LogP contribution in [0.5, 0.6) is 11.5 Å². The molecule has 4 rings (SSSR count). The fraction of sp³-hybridized carbons (Fsp3) is 0.450. The van der Waals surface area contributed by atoms with E-state index in [1.807, 2.05) is 19.1 Å². The molecule has 0 aromatic heterocycles. The lowest BCUT2D eigenvalue weighted by molar-refractivity contribution is -0.160. The SMILES string of the molecule is C=CCN1C(=O)C2CC(C)(C#N)C(c3ccc4c(c3)OCO4)N2C(=O)C1C. The Balaban J connectivity index is 1.79. The number of fused-ring (bicyclic) bond motifs is 2. The van der Waals surface area contributed by atoms with E-state index >= 15 is 0 Å². The Morgan fingerprint density at radius 2 is 2.07 bits per heavy atom. The molecule has 2 saturated heterocycles. The van der Waals surface area contributed by atoms with Crippen molar-refractivity contribution >= 4 is 11.8 Å². The van der Waals surface area contributed by atoms with Crippen molar-refractivity contribution in [2.24, 2.45) is 5.41 Å². The number of benzene rings is 1. The van der Waals surface area contributed by atoms with Crippen LogP contribution in [0.3, 0.4) is 0 Å². The van der Waals surface area contributed by atoms with Crippen LogP contribution in [0, 0.1) is 16.7 Å². The van der Waals surface area contributed by atoms with Crippen LogP contribution in [0.4, 0.5) is 0 Å². The predicted octanol–water partition coefficient (Wildman–Crippen LogP) is 2.00. The highest BCUT2D eigenvalue weighted by Gasteiger charge is 2.59. The van der Waals surface area contributed by atoms with Gasteiger partial charge in [-0.25, -0.2) is 0 Å². The lowest BCUT2D eigenvalue weighted by Gasteiger charge is -2.43. The maximum Gasteiger partial charge on any atom is 0.246 e. The number of ether oxygens (including phenoxy) is 2. The van der Waals surface area contributed by atoms with Crippen LogP contribution in [0.25, 0.3) is 0 Å². The molecule has 3 aliphatic heterocycles. The zero-order chi connectivity index (χ0) is 19.3. The van der Waals surface area contributed by atoms with Crippen molar-refractivity contribution in [3.05, 3.63) is 36.4 Å². The third-order valence-electron chi connectivity index (χ3n) is 5.78. The summed E-state index contributed by atoms with van der Waals surface area (Å²) < 4.78 is 10.8. The summed E-state index contributed by atoms with van der Waals surface area (Å²) >= 11 is 0. The van der Waals surface area contributed by atoms with Crippen molar-refractivity contribution < 1.29 is 19.1 Å². The molecule has 4 atom stereocenters. The number of nitriles is 1. The normalized spacial score (nSPS) is 31.7. The van der Waals surface area contributed by atoms with Crippen LogP contribution in [-0.4, -0.2) is 47.0 Å². The van der Waals surface area contributed by atoms with Gasteiger partial charge in [-0.1, -0.05) is 12.1 Å². The average Bonchev–Trinajstić information content (AvgIpc) is 3.25. The van der Waals surface area contributed by atoms with Gasteiger partial charge in [0.05, 0.1) is 17.5 Å². The van der Waals surface area contributed by atoms with E-state index in [9.17, 15) is 14.9 Å². The lowest BCUT2D eigenvalue weighted by atomic mass is 9.79. The Labute approximate surface area is 157 Å². The second kappa shape index (κ2) is 6.02. The van der Waals surface area contributed by atoms with Crippen LogP contribution >= 0.6 is 0 Å². The van der Waals surface area contributed by atoms with E-state index in [1.165, 1.54) is 4.90 Å². The highest BCUT2D eigenvalue weighted by molar-refractivity contribution is 5.98. The second-order valence-corrected chi connectivity index (χ2v) is 7.47. The molecular formula is C20H21N3O4. The van der Waals surface area contributed by atoms with Gasteiger partial charge in [0.15, 0.2) is 11.5 Å². The highest BCUT2D eigenvalue weighted by Crippen LogP contribution is 2.52. The maximum atomic E-state index is 13.2. The van der Waals surface area contributed by atoms with E-state index in [1.54, 1.807) is 24.0 Å². The molecule has 0 bridgehead atoms. The summed E-state index contributed by atoms with van der Waals surface area (Å²) in [5, 5.41) is 9.92. The van der Waals surface area contributed by atoms with E-state index in [4.69, 9.17) is 9.47 Å². The quantitative estimate of drug-likeness (QED) is 0.763. The third kappa shape index (κ3) is 2.40. The molecule has 0 aliphatic carbocycles. The summed E-state index contributed by atoms with van der Waals surface area (Å²) in [6, 6.07) is 6.03. The van der Waals surface area contributed by atoms with Gasteiger partial charge in [0.25, 0.3) is 0 Å². The first-order valence-electron chi connectivity index (χ1n) is 8.95. The zero-order valence-electron chi connectivity index (χ0n) is 15.3. The molecule has 4 unspecified atom stereocenters. The summed E-state index contributed by atoms with van der Waals surface area (Å²) in [4.78, 5) is 29.4. The largest absolute Gasteiger partial charge is 0.454 e. The predicted molar refractivity (Wildman–Crippen MR) is 95.6 cm³/mol. The molecule has 7 nitrogen and oxygen atoms in total. The van der Waals surface area contributed by atoms with E-state index < -0.39 is 23.5 Å². The van der Waals surface area contributed by atoms with Crippen LogP contribution in [0.1, 0.15) is 31.9 Å². The highest BCUT2D eigenvalue weighted by atomic mass is 16.7. The second-order valence-electron chi connectivity index (χ2n) is 7.47. The first-order chi connectivity index (χ1) is 12.9. The standard InChI is InChI=1S/C20H21N3O4/c1-4-7-22-12(2)18(24)23-14(19(22)25)9-20(3,10-21)17(23)13-5-6-15-16(8-13)27-11-26-15/h4-6,8,12,14,17H,1,7,9,11H2,2-3H3. The summed E-state index contributed by atoms with van der Waals surface area (Å²) in [6.45, 7) is 7.67. The average molecular weight is 367 g/mol. The Morgan fingerprint density at radius 1 is 1.33 bits per heavy atom. The number of rotatable bonds is 3. The van der Waals surface area contributed by atoms with Crippen LogP contribution in [-0.2, 0) is 9.59 Å². The first-order valence-corrected chi connectivity index (χ1v) is 8.95. The third-order valence-corrected chi connectivity index (χ3v) is 5.78. The minimum absolute atomic E-state index is 0.133. The number of carbonyl (C=O) groups is 2. The van der Waals surface area contributed by atoms with Gasteiger partial charge in [-0.3, -0.25) is 9.59 Å². The molecule has 27 heavy (non-hydrogen) atoms. The number of piperazine rings is 1. The Bertz CT molecular complexity index is 876. The summed E-state index contributed by atoms with van der Waals surface area (Å²) in [5.41, 5.74) is -0.107. The van der Waals surface area contributed by atoms with E-state index in [0.29, 0.717) is 24.5 Å². The number of carbonyl (C=O) groups excluding carboxylic acids is 2. The fourth-order valence-corrected chi connectivity index (χ4v) is 4.42. The topological polar surface area (TPSA) is 82.9 Å². The number of nitrogens with zero attached hydrogens (tertiary/aromatic N) is 3. The Morgan fingerprint density at radius 3 is 2.78 bits per heavy atom. The van der Waals surface area contributed by atoms with Crippen molar-refractivity contribution in [3.63, 3.8) is 0 Å². The van der Waals surface area contributed by atoms with Crippen LogP contribution in [0.2, 0.25) is 0 Å². The van der Waals surface area contributed by atoms with Gasteiger partial charge in [0.2, 0.25) is 18.6 Å². The van der Waals surface area contributed by atoms with Crippen molar-refractivity contribution in [2.75, 3.05) is 13.3 Å². The molecule has 0 saturated carbocycles. The van der Waals surface area contributed by atoms with Crippen molar-refractivity contribution in [3.8, 4) is 17.6 Å². The minimum atomic E-state index is -0.881. The van der Waals surface area contributed by atoms with Gasteiger partial charge in [0.1, 0.15) is 12.1 Å². The zero-order valence-corrected chi connectivity index (χ0v) is 15.3. The molecule has 2 fully saturated rings. The van der Waals surface area contributed by atoms with Gasteiger partial charge in [-0.15, -0.1) is 6.58 Å². The molecule has 0 radical (unpaired) electrons. The minimum Gasteiger partial charge on any atom is -0.454 e. The first kappa shape index (κ1) is 17.4. The summed E-state index contributed by atoms with van der Waals surface area (Å²) in [7, 11) is 0. The Hall–Kier alpha value is -3.01. The van der Waals surface area contributed by atoms with Gasteiger partial charge in [-0.2, -0.15) is 5.26 Å². The summed E-state index contributed by atoms with van der Waals surface area (Å²) in [5.74, 6) is 0.946. The molecule has 140 valence electrons. The van der Waals surface area contributed by atoms with Crippen LogP contribution < -0.4 is 9.47 Å². The number of amides is 2. The fourth-order valence-electron chi connectivity index (χ4n) is 4.42. The Kier molecular flexibility index (Phi) is 3.88. The molecular weight excluding hydrogens is 346 g/mol. The summed E-state index contributed by atoms with van der Waals surface area (Å²) in [6.07, 6.45) is 1.92.